The Balaban J connectivity index is 2.91. The molecule has 1 unspecified atom stereocenters. The minimum absolute atomic E-state index is 0.0243. The molecule has 0 aliphatic carbocycles. The summed E-state index contributed by atoms with van der Waals surface area (Å²) in [6.07, 6.45) is 0.0243. The molecule has 1 rings (SSSR count). The number of nitrogens with zero attached hydrogens (tertiary/aromatic N) is 1. The first kappa shape index (κ1) is 12.2. The molecule has 16 heavy (non-hydrogen) atoms. The summed E-state index contributed by atoms with van der Waals surface area (Å²) in [7, 11) is 0. The van der Waals surface area contributed by atoms with E-state index in [0.29, 0.717) is 5.56 Å². The molecule has 1 aromatic rings. The Morgan fingerprint density at radius 2 is 2.06 bits per heavy atom. The van der Waals surface area contributed by atoms with E-state index in [-0.39, 0.29) is 23.1 Å². The van der Waals surface area contributed by atoms with E-state index in [1.54, 1.807) is 0 Å². The van der Waals surface area contributed by atoms with Gasteiger partial charge in [0.25, 0.3) is 0 Å². The van der Waals surface area contributed by atoms with Gasteiger partial charge in [0.1, 0.15) is 17.5 Å². The van der Waals surface area contributed by atoms with Gasteiger partial charge >= 0.3 is 5.97 Å². The summed E-state index contributed by atoms with van der Waals surface area (Å²) >= 11 is 0. The first-order chi connectivity index (χ1) is 7.41. The van der Waals surface area contributed by atoms with E-state index in [4.69, 9.17) is 21.3 Å². The van der Waals surface area contributed by atoms with Crippen molar-refractivity contribution in [2.24, 2.45) is 5.73 Å². The number of anilines is 1. The maximum atomic E-state index is 10.5. The van der Waals surface area contributed by atoms with Crippen LogP contribution in [0.4, 0.5) is 5.69 Å². The smallest absolute Gasteiger partial charge is 0.320 e. The lowest BCUT2D eigenvalue weighted by atomic mass is 10.1. The van der Waals surface area contributed by atoms with E-state index in [1.807, 2.05) is 0 Å². The van der Waals surface area contributed by atoms with Crippen molar-refractivity contribution >= 4 is 11.7 Å². The van der Waals surface area contributed by atoms with Gasteiger partial charge in [-0.1, -0.05) is 6.07 Å². The van der Waals surface area contributed by atoms with Gasteiger partial charge in [-0.05, 0) is 24.1 Å². The zero-order valence-corrected chi connectivity index (χ0v) is 8.24. The maximum Gasteiger partial charge on any atom is 0.320 e. The first-order valence-electron chi connectivity index (χ1n) is 4.40. The van der Waals surface area contributed by atoms with Crippen LogP contribution in [-0.2, 0) is 11.2 Å². The van der Waals surface area contributed by atoms with Crippen molar-refractivity contribution in [2.45, 2.75) is 12.5 Å². The van der Waals surface area contributed by atoms with Gasteiger partial charge in [0, 0.05) is 0 Å². The van der Waals surface area contributed by atoms with E-state index in [0.717, 1.165) is 0 Å². The fourth-order valence-electron chi connectivity index (χ4n) is 1.20. The van der Waals surface area contributed by atoms with Crippen LogP contribution in [0.3, 0.4) is 0 Å². The second-order valence-corrected chi connectivity index (χ2v) is 3.26. The number of carboxylic acid groups (broad SMARTS) is 1. The van der Waals surface area contributed by atoms with Crippen molar-refractivity contribution in [1.29, 1.82) is 0 Å². The van der Waals surface area contributed by atoms with Crippen LogP contribution in [0, 0.1) is 0 Å². The van der Waals surface area contributed by atoms with Crippen LogP contribution in [-0.4, -0.2) is 32.6 Å². The quantitative estimate of drug-likeness (QED) is 0.456. The van der Waals surface area contributed by atoms with E-state index in [9.17, 15) is 9.90 Å². The van der Waals surface area contributed by atoms with Gasteiger partial charge < -0.3 is 15.9 Å². The lowest BCUT2D eigenvalue weighted by molar-refractivity contribution is -0.138. The Hall–Kier alpha value is -1.83. The topological polar surface area (TPSA) is 127 Å². The molecule has 0 radical (unpaired) electrons. The minimum atomic E-state index is -1.15. The Morgan fingerprint density at radius 1 is 1.44 bits per heavy atom. The number of hydrogen-bond acceptors (Lipinski definition) is 6. The van der Waals surface area contributed by atoms with Gasteiger partial charge in [0.05, 0.1) is 0 Å². The molecule has 0 aliphatic rings. The number of benzene rings is 1. The van der Waals surface area contributed by atoms with Crippen LogP contribution in [0.15, 0.2) is 18.2 Å². The third kappa shape index (κ3) is 2.83. The molecule has 0 aliphatic heterocycles. The molecule has 1 aromatic carbocycles. The molecule has 0 amide bonds. The summed E-state index contributed by atoms with van der Waals surface area (Å²) in [5.41, 5.74) is 5.54. The molecule has 0 saturated heterocycles. The van der Waals surface area contributed by atoms with E-state index in [2.05, 4.69) is 0 Å². The number of nitrogens with two attached hydrogens (primary N) is 1. The number of carbonyl (C=O) groups is 1. The molecule has 0 heterocycles. The average molecular weight is 228 g/mol. The lowest BCUT2D eigenvalue weighted by Crippen LogP contribution is -2.32. The fraction of sp³-hybridized carbons (Fsp3) is 0.222. The standard InChI is InChI=1S/C9H12N2O5/c10-6(9(13)14)3-5-1-2-8(12)7(4-5)11(15)16/h1-2,4,6,12,15-16H,3,10H2,(H,13,14). The van der Waals surface area contributed by atoms with Crippen molar-refractivity contribution in [3.05, 3.63) is 23.8 Å². The van der Waals surface area contributed by atoms with Crippen molar-refractivity contribution in [2.75, 3.05) is 5.23 Å². The highest BCUT2D eigenvalue weighted by Crippen LogP contribution is 2.26. The minimum Gasteiger partial charge on any atom is -0.506 e. The highest BCUT2D eigenvalue weighted by Gasteiger charge is 2.14. The van der Waals surface area contributed by atoms with Crippen molar-refractivity contribution in [1.82, 2.24) is 0 Å². The Kier molecular flexibility index (Phi) is 3.67. The second kappa shape index (κ2) is 4.79. The molecule has 0 bridgehead atoms. The predicted molar refractivity (Wildman–Crippen MR) is 53.5 cm³/mol. The molecule has 6 N–H and O–H groups in total. The zero-order chi connectivity index (χ0) is 12.3. The summed E-state index contributed by atoms with van der Waals surface area (Å²) < 4.78 is 0. The van der Waals surface area contributed by atoms with Crippen LogP contribution in [0.25, 0.3) is 0 Å². The van der Waals surface area contributed by atoms with Crippen molar-refractivity contribution < 1.29 is 25.4 Å². The van der Waals surface area contributed by atoms with Gasteiger partial charge in [0.15, 0.2) is 0 Å². The number of rotatable bonds is 4. The molecule has 7 nitrogen and oxygen atoms in total. The van der Waals surface area contributed by atoms with Gasteiger partial charge in [-0.25, -0.2) is 0 Å². The number of hydrogen-bond donors (Lipinski definition) is 5. The molecule has 0 aromatic heterocycles. The largest absolute Gasteiger partial charge is 0.506 e. The summed E-state index contributed by atoms with van der Waals surface area (Å²) in [4.78, 5) is 10.5. The predicted octanol–water partition coefficient (Wildman–Crippen LogP) is -0.0686. The third-order valence-electron chi connectivity index (χ3n) is 2.03. The van der Waals surface area contributed by atoms with Crippen LogP contribution >= 0.6 is 0 Å². The molecule has 7 heteroatoms. The normalized spacial score (nSPS) is 12.2. The summed E-state index contributed by atoms with van der Waals surface area (Å²) in [5, 5.41) is 35.1. The Bertz CT molecular complexity index is 393. The third-order valence-corrected chi connectivity index (χ3v) is 2.03. The monoisotopic (exact) mass is 228 g/mol. The lowest BCUT2D eigenvalue weighted by Gasteiger charge is -2.12. The number of phenols is 1. The summed E-state index contributed by atoms with van der Waals surface area (Å²) in [6.45, 7) is 0. The molecule has 0 fully saturated rings. The first-order valence-corrected chi connectivity index (χ1v) is 4.40. The Labute approximate surface area is 90.9 Å². The van der Waals surface area contributed by atoms with E-state index < -0.39 is 12.0 Å². The number of aromatic hydroxyl groups is 1. The zero-order valence-electron chi connectivity index (χ0n) is 8.24. The van der Waals surface area contributed by atoms with Gasteiger partial charge in [0.2, 0.25) is 0 Å². The number of aliphatic carboxylic acids is 1. The second-order valence-electron chi connectivity index (χ2n) is 3.26. The molecular formula is C9H12N2O5. The van der Waals surface area contributed by atoms with E-state index >= 15 is 0 Å². The SMILES string of the molecule is NC(Cc1ccc(O)c(N(O)O)c1)C(=O)O. The van der Waals surface area contributed by atoms with Gasteiger partial charge in [-0.15, -0.1) is 5.23 Å². The van der Waals surface area contributed by atoms with Crippen molar-refractivity contribution in [3.63, 3.8) is 0 Å². The highest BCUT2D eigenvalue weighted by molar-refractivity contribution is 5.73. The maximum absolute atomic E-state index is 10.5. The van der Waals surface area contributed by atoms with Crippen LogP contribution in [0.1, 0.15) is 5.56 Å². The van der Waals surface area contributed by atoms with Crippen LogP contribution < -0.4 is 11.0 Å². The Morgan fingerprint density at radius 3 is 2.56 bits per heavy atom. The number of carboxylic acids is 1. The fourth-order valence-corrected chi connectivity index (χ4v) is 1.20. The van der Waals surface area contributed by atoms with Gasteiger partial charge in [-0.3, -0.25) is 15.2 Å². The molecular weight excluding hydrogens is 216 g/mol. The molecule has 0 spiro atoms. The summed E-state index contributed by atoms with van der Waals surface area (Å²) in [5.74, 6) is -1.49. The van der Waals surface area contributed by atoms with Gasteiger partial charge in [-0.2, -0.15) is 0 Å². The van der Waals surface area contributed by atoms with Crippen LogP contribution in [0.2, 0.25) is 0 Å². The average Bonchev–Trinajstić information content (AvgIpc) is 2.20. The van der Waals surface area contributed by atoms with Crippen LogP contribution in [0.5, 0.6) is 5.75 Å². The molecule has 88 valence electrons. The number of phenolic OH excluding ortho intramolecular Hbond substituents is 1. The van der Waals surface area contributed by atoms with Crippen molar-refractivity contribution in [3.8, 4) is 5.75 Å². The summed E-state index contributed by atoms with van der Waals surface area (Å²) in [6, 6.07) is 2.82. The molecule has 0 saturated carbocycles. The van der Waals surface area contributed by atoms with E-state index in [1.165, 1.54) is 18.2 Å². The molecule has 1 atom stereocenters. The highest BCUT2D eigenvalue weighted by atomic mass is 16.8.